The maximum atomic E-state index is 11.9. The highest BCUT2D eigenvalue weighted by atomic mass is 35.5. The summed E-state index contributed by atoms with van der Waals surface area (Å²) in [6, 6.07) is 9.67. The Bertz CT molecular complexity index is 811. The Morgan fingerprint density at radius 2 is 2.08 bits per heavy atom. The molecule has 124 valence electrons. The van der Waals surface area contributed by atoms with Crippen LogP contribution < -0.4 is 20.1 Å². The molecule has 8 heteroatoms. The Balaban J connectivity index is 1.60. The van der Waals surface area contributed by atoms with Crippen LogP contribution in [0.2, 0.25) is 10.0 Å². The Morgan fingerprint density at radius 1 is 1.25 bits per heavy atom. The van der Waals surface area contributed by atoms with Gasteiger partial charge in [-0.3, -0.25) is 9.59 Å². The molecule has 0 aliphatic carbocycles. The summed E-state index contributed by atoms with van der Waals surface area (Å²) in [6.07, 6.45) is 0. The molecule has 2 aromatic rings. The van der Waals surface area contributed by atoms with Gasteiger partial charge in [0.2, 0.25) is 0 Å². The highest BCUT2D eigenvalue weighted by Gasteiger charge is 2.16. The number of rotatable bonds is 4. The average molecular weight is 367 g/mol. The van der Waals surface area contributed by atoms with Gasteiger partial charge in [0.05, 0.1) is 16.4 Å². The van der Waals surface area contributed by atoms with Crippen LogP contribution in [0.4, 0.5) is 11.4 Å². The van der Waals surface area contributed by atoms with Crippen molar-refractivity contribution < 1.29 is 19.1 Å². The summed E-state index contributed by atoms with van der Waals surface area (Å²) in [4.78, 5) is 23.2. The second-order valence-electron chi connectivity index (χ2n) is 4.96. The van der Waals surface area contributed by atoms with Crippen LogP contribution in [0.25, 0.3) is 0 Å². The number of nitrogens with one attached hydrogen (secondary N) is 2. The first-order valence-corrected chi connectivity index (χ1v) is 7.71. The minimum Gasteiger partial charge on any atom is -0.484 e. The molecule has 3 rings (SSSR count). The number of hydrogen-bond acceptors (Lipinski definition) is 4. The van der Waals surface area contributed by atoms with Crippen molar-refractivity contribution in [3.8, 4) is 11.5 Å². The minimum atomic E-state index is -0.378. The largest absolute Gasteiger partial charge is 0.484 e. The highest BCUT2D eigenvalue weighted by Crippen LogP contribution is 2.31. The van der Waals surface area contributed by atoms with E-state index in [1.165, 1.54) is 6.07 Å². The molecule has 1 aliphatic rings. The summed E-state index contributed by atoms with van der Waals surface area (Å²) in [5.41, 5.74) is 0.950. The van der Waals surface area contributed by atoms with Crippen molar-refractivity contribution in [2.45, 2.75) is 0 Å². The van der Waals surface area contributed by atoms with Gasteiger partial charge in [-0.1, -0.05) is 23.2 Å². The maximum absolute atomic E-state index is 11.9. The lowest BCUT2D eigenvalue weighted by atomic mass is 10.2. The molecule has 0 aromatic heterocycles. The van der Waals surface area contributed by atoms with Gasteiger partial charge < -0.3 is 20.1 Å². The minimum absolute atomic E-state index is 0.0164. The van der Waals surface area contributed by atoms with Crippen molar-refractivity contribution in [3.05, 3.63) is 46.4 Å². The lowest BCUT2D eigenvalue weighted by Gasteiger charge is -2.18. The molecule has 1 heterocycles. The molecule has 2 aromatic carbocycles. The van der Waals surface area contributed by atoms with Crippen LogP contribution in [-0.2, 0) is 9.59 Å². The Kier molecular flexibility index (Phi) is 4.78. The second kappa shape index (κ2) is 6.98. The molecule has 2 N–H and O–H groups in total. The van der Waals surface area contributed by atoms with Crippen molar-refractivity contribution in [1.82, 2.24) is 0 Å². The van der Waals surface area contributed by atoms with Crippen molar-refractivity contribution in [2.75, 3.05) is 23.8 Å². The predicted molar refractivity (Wildman–Crippen MR) is 91.2 cm³/mol. The van der Waals surface area contributed by atoms with Crippen molar-refractivity contribution >= 4 is 46.4 Å². The van der Waals surface area contributed by atoms with Crippen LogP contribution in [-0.4, -0.2) is 25.0 Å². The van der Waals surface area contributed by atoms with Crippen LogP contribution in [0, 0.1) is 0 Å². The van der Waals surface area contributed by atoms with E-state index < -0.39 is 0 Å². The molecule has 0 saturated carbocycles. The fourth-order valence-corrected chi connectivity index (χ4v) is 2.53. The summed E-state index contributed by atoms with van der Waals surface area (Å²) in [7, 11) is 0. The SMILES string of the molecule is O=C(COc1ccc2c(c1)NC(=O)CO2)Nc1ccc(Cl)cc1Cl. The van der Waals surface area contributed by atoms with Gasteiger partial charge in [0.25, 0.3) is 11.8 Å². The van der Waals surface area contributed by atoms with Crippen LogP contribution in [0.3, 0.4) is 0 Å². The molecule has 0 spiro atoms. The van der Waals surface area contributed by atoms with E-state index in [1.807, 2.05) is 0 Å². The van der Waals surface area contributed by atoms with E-state index in [0.717, 1.165) is 0 Å². The van der Waals surface area contributed by atoms with Gasteiger partial charge in [-0.15, -0.1) is 0 Å². The highest BCUT2D eigenvalue weighted by molar-refractivity contribution is 6.36. The smallest absolute Gasteiger partial charge is 0.262 e. The van der Waals surface area contributed by atoms with Crippen molar-refractivity contribution in [3.63, 3.8) is 0 Å². The third kappa shape index (κ3) is 3.90. The molecule has 24 heavy (non-hydrogen) atoms. The summed E-state index contributed by atoms with van der Waals surface area (Å²) >= 11 is 11.8. The molecule has 0 unspecified atom stereocenters. The van der Waals surface area contributed by atoms with Crippen molar-refractivity contribution in [2.24, 2.45) is 0 Å². The first kappa shape index (κ1) is 16.4. The number of amides is 2. The first-order chi connectivity index (χ1) is 11.5. The van der Waals surface area contributed by atoms with Crippen LogP contribution >= 0.6 is 23.2 Å². The fraction of sp³-hybridized carbons (Fsp3) is 0.125. The molecule has 1 aliphatic heterocycles. The fourth-order valence-electron chi connectivity index (χ4n) is 2.08. The van der Waals surface area contributed by atoms with Gasteiger partial charge in [0.1, 0.15) is 11.5 Å². The maximum Gasteiger partial charge on any atom is 0.262 e. The quantitative estimate of drug-likeness (QED) is 0.869. The lowest BCUT2D eigenvalue weighted by molar-refractivity contribution is -0.119. The third-order valence-electron chi connectivity index (χ3n) is 3.16. The molecule has 0 atom stereocenters. The Hall–Kier alpha value is -2.44. The van der Waals surface area contributed by atoms with E-state index >= 15 is 0 Å². The van der Waals surface area contributed by atoms with Crippen LogP contribution in [0.1, 0.15) is 0 Å². The Labute approximate surface area is 147 Å². The number of carbonyl (C=O) groups is 2. The number of fused-ring (bicyclic) bond motifs is 1. The summed E-state index contributed by atoms with van der Waals surface area (Å²) < 4.78 is 10.7. The molecule has 0 saturated heterocycles. The second-order valence-corrected chi connectivity index (χ2v) is 5.80. The number of hydrogen-bond donors (Lipinski definition) is 2. The van der Waals surface area contributed by atoms with E-state index in [-0.39, 0.29) is 25.0 Å². The normalized spacial score (nSPS) is 12.7. The van der Waals surface area contributed by atoms with E-state index in [0.29, 0.717) is 32.9 Å². The van der Waals surface area contributed by atoms with Gasteiger partial charge in [-0.25, -0.2) is 0 Å². The summed E-state index contributed by atoms with van der Waals surface area (Å²) in [5.74, 6) is 0.364. The van der Waals surface area contributed by atoms with Crippen LogP contribution in [0.5, 0.6) is 11.5 Å². The zero-order chi connectivity index (χ0) is 17.1. The molecule has 0 radical (unpaired) electrons. The monoisotopic (exact) mass is 366 g/mol. The van der Waals surface area contributed by atoms with Gasteiger partial charge in [0.15, 0.2) is 13.2 Å². The first-order valence-electron chi connectivity index (χ1n) is 6.95. The van der Waals surface area contributed by atoms with Gasteiger partial charge >= 0.3 is 0 Å². The number of halogens is 2. The van der Waals surface area contributed by atoms with Crippen molar-refractivity contribution in [1.29, 1.82) is 0 Å². The zero-order valence-corrected chi connectivity index (χ0v) is 13.8. The summed E-state index contributed by atoms with van der Waals surface area (Å²) in [6.45, 7) is -0.232. The molecule has 6 nitrogen and oxygen atoms in total. The zero-order valence-electron chi connectivity index (χ0n) is 12.3. The average Bonchev–Trinajstić information content (AvgIpc) is 2.55. The Morgan fingerprint density at radius 3 is 2.88 bits per heavy atom. The van der Waals surface area contributed by atoms with Gasteiger partial charge in [-0.2, -0.15) is 0 Å². The van der Waals surface area contributed by atoms with Crippen LogP contribution in [0.15, 0.2) is 36.4 Å². The third-order valence-corrected chi connectivity index (χ3v) is 3.71. The molecule has 0 fully saturated rings. The number of carbonyl (C=O) groups excluding carboxylic acids is 2. The van der Waals surface area contributed by atoms with Gasteiger partial charge in [-0.05, 0) is 30.3 Å². The molecular weight excluding hydrogens is 355 g/mol. The van der Waals surface area contributed by atoms with E-state index in [1.54, 1.807) is 30.3 Å². The summed E-state index contributed by atoms with van der Waals surface area (Å²) in [5, 5.41) is 6.11. The van der Waals surface area contributed by atoms with Gasteiger partial charge in [0, 0.05) is 11.1 Å². The number of benzene rings is 2. The van der Waals surface area contributed by atoms with E-state index in [4.69, 9.17) is 32.7 Å². The topological polar surface area (TPSA) is 76.7 Å². The standard InChI is InChI=1S/C16H12Cl2N2O4/c17-9-1-3-12(11(18)5-9)19-15(21)7-23-10-2-4-14-13(6-10)20-16(22)8-24-14/h1-6H,7-8H2,(H,19,21)(H,20,22). The number of anilines is 2. The van der Waals surface area contributed by atoms with E-state index in [2.05, 4.69) is 10.6 Å². The molecular formula is C16H12Cl2N2O4. The molecule has 2 amide bonds. The predicted octanol–water partition coefficient (Wildman–Crippen LogP) is 3.34. The number of ether oxygens (including phenoxy) is 2. The molecule has 0 bridgehead atoms. The van der Waals surface area contributed by atoms with E-state index in [9.17, 15) is 9.59 Å². The lowest BCUT2D eigenvalue weighted by Crippen LogP contribution is -2.25.